The van der Waals surface area contributed by atoms with Gasteiger partial charge in [0.1, 0.15) is 6.04 Å². The second-order valence-electron chi connectivity index (χ2n) is 11.3. The zero-order chi connectivity index (χ0) is 27.1. The van der Waals surface area contributed by atoms with E-state index in [9.17, 15) is 19.5 Å². The van der Waals surface area contributed by atoms with Gasteiger partial charge in [-0.25, -0.2) is 4.79 Å². The number of carbonyl (C=O) groups is 3. The van der Waals surface area contributed by atoms with E-state index in [0.29, 0.717) is 6.42 Å². The van der Waals surface area contributed by atoms with Gasteiger partial charge in [-0.15, -0.1) is 6.58 Å². The Hall–Kier alpha value is -2.89. The predicted octanol–water partition coefficient (Wildman–Crippen LogP) is 5.20. The summed E-state index contributed by atoms with van der Waals surface area (Å²) in [5, 5.41) is 12.4. The number of carboxylic acids is 1. The summed E-state index contributed by atoms with van der Waals surface area (Å²) in [6.07, 6.45) is 3.80. The SMILES string of the molecule is C=CCC(C(=O)N[C@H](C(=O)N(C)[C@H](C=C(C)C(=O)O)C(C)C)C(C)(C)C)C(C)(C)c1ccccc1. The summed E-state index contributed by atoms with van der Waals surface area (Å²) in [5.41, 5.74) is 0.157. The van der Waals surface area contributed by atoms with Crippen molar-refractivity contribution in [2.75, 3.05) is 7.05 Å². The molecule has 0 saturated heterocycles. The number of rotatable bonds is 11. The van der Waals surface area contributed by atoms with E-state index in [4.69, 9.17) is 0 Å². The Morgan fingerprint density at radius 2 is 1.63 bits per heavy atom. The van der Waals surface area contributed by atoms with Gasteiger partial charge in [0, 0.05) is 18.0 Å². The third-order valence-corrected chi connectivity index (χ3v) is 6.74. The van der Waals surface area contributed by atoms with E-state index >= 15 is 0 Å². The summed E-state index contributed by atoms with van der Waals surface area (Å²) in [4.78, 5) is 40.4. The number of allylic oxidation sites excluding steroid dienone is 1. The maximum atomic E-state index is 13.7. The van der Waals surface area contributed by atoms with Crippen LogP contribution in [0.2, 0.25) is 0 Å². The van der Waals surface area contributed by atoms with Crippen LogP contribution in [0.5, 0.6) is 0 Å². The molecule has 2 amide bonds. The molecule has 0 aliphatic carbocycles. The maximum Gasteiger partial charge on any atom is 0.331 e. The van der Waals surface area contributed by atoms with Crippen molar-refractivity contribution in [2.24, 2.45) is 17.3 Å². The number of amides is 2. The minimum atomic E-state index is -1.02. The van der Waals surface area contributed by atoms with Gasteiger partial charge < -0.3 is 15.3 Å². The van der Waals surface area contributed by atoms with E-state index in [1.165, 1.54) is 6.92 Å². The van der Waals surface area contributed by atoms with E-state index in [-0.39, 0.29) is 23.3 Å². The second-order valence-corrected chi connectivity index (χ2v) is 11.3. The van der Waals surface area contributed by atoms with E-state index in [2.05, 4.69) is 11.9 Å². The van der Waals surface area contributed by atoms with Gasteiger partial charge in [-0.2, -0.15) is 0 Å². The monoisotopic (exact) mass is 484 g/mol. The van der Waals surface area contributed by atoms with Crippen LogP contribution in [0.3, 0.4) is 0 Å². The van der Waals surface area contributed by atoms with Crippen molar-refractivity contribution >= 4 is 17.8 Å². The van der Waals surface area contributed by atoms with Crippen LogP contribution in [-0.2, 0) is 19.8 Å². The lowest BCUT2D eigenvalue weighted by Gasteiger charge is -2.39. The van der Waals surface area contributed by atoms with E-state index < -0.39 is 34.8 Å². The molecule has 6 nitrogen and oxygen atoms in total. The van der Waals surface area contributed by atoms with Crippen molar-refractivity contribution < 1.29 is 19.5 Å². The second kappa shape index (κ2) is 12.2. The molecule has 0 aromatic heterocycles. The fourth-order valence-corrected chi connectivity index (χ4v) is 4.29. The van der Waals surface area contributed by atoms with Crippen LogP contribution >= 0.6 is 0 Å². The largest absolute Gasteiger partial charge is 0.478 e. The highest BCUT2D eigenvalue weighted by molar-refractivity contribution is 5.90. The quantitative estimate of drug-likeness (QED) is 0.334. The van der Waals surface area contributed by atoms with Crippen molar-refractivity contribution in [3.05, 3.63) is 60.2 Å². The smallest absolute Gasteiger partial charge is 0.331 e. The average Bonchev–Trinajstić information content (AvgIpc) is 2.77. The molecule has 1 unspecified atom stereocenters. The predicted molar refractivity (Wildman–Crippen MR) is 142 cm³/mol. The molecule has 0 aliphatic heterocycles. The zero-order valence-electron chi connectivity index (χ0n) is 22.9. The molecule has 2 N–H and O–H groups in total. The van der Waals surface area contributed by atoms with Crippen LogP contribution in [-0.4, -0.2) is 46.9 Å². The van der Waals surface area contributed by atoms with Crippen molar-refractivity contribution in [2.45, 2.75) is 79.3 Å². The van der Waals surface area contributed by atoms with Crippen molar-refractivity contribution in [1.82, 2.24) is 10.2 Å². The molecule has 0 bridgehead atoms. The molecule has 0 radical (unpaired) electrons. The van der Waals surface area contributed by atoms with Crippen LogP contribution in [0, 0.1) is 17.3 Å². The van der Waals surface area contributed by atoms with Gasteiger partial charge in [0.25, 0.3) is 0 Å². The highest BCUT2D eigenvalue weighted by Crippen LogP contribution is 2.35. The normalized spacial score (nSPS) is 15.2. The number of hydrogen-bond acceptors (Lipinski definition) is 3. The summed E-state index contributed by atoms with van der Waals surface area (Å²) in [6.45, 7) is 19.1. The first kappa shape index (κ1) is 30.1. The number of carbonyl (C=O) groups excluding carboxylic acids is 2. The Morgan fingerprint density at radius 1 is 1.09 bits per heavy atom. The van der Waals surface area contributed by atoms with Crippen LogP contribution in [0.15, 0.2) is 54.6 Å². The maximum absolute atomic E-state index is 13.7. The van der Waals surface area contributed by atoms with Crippen LogP contribution in [0.1, 0.15) is 67.4 Å². The molecule has 0 saturated carbocycles. The Bertz CT molecular complexity index is 926. The number of carboxylic acid groups (broad SMARTS) is 1. The number of benzene rings is 1. The van der Waals surface area contributed by atoms with Crippen molar-refractivity contribution in [3.63, 3.8) is 0 Å². The lowest BCUT2D eigenvalue weighted by Crippen LogP contribution is -2.58. The van der Waals surface area contributed by atoms with Crippen LogP contribution < -0.4 is 5.32 Å². The molecular formula is C29H44N2O4. The lowest BCUT2D eigenvalue weighted by molar-refractivity contribution is -0.141. The van der Waals surface area contributed by atoms with Crippen molar-refractivity contribution in [1.29, 1.82) is 0 Å². The first-order chi connectivity index (χ1) is 16.0. The van der Waals surface area contributed by atoms with Gasteiger partial charge in [-0.1, -0.05) is 91.0 Å². The molecule has 35 heavy (non-hydrogen) atoms. The van der Waals surface area contributed by atoms with Crippen LogP contribution in [0.25, 0.3) is 0 Å². The number of aliphatic carboxylic acids is 1. The van der Waals surface area contributed by atoms with Gasteiger partial charge in [-0.05, 0) is 30.2 Å². The lowest BCUT2D eigenvalue weighted by atomic mass is 9.71. The molecule has 0 fully saturated rings. The van der Waals surface area contributed by atoms with Gasteiger partial charge >= 0.3 is 5.97 Å². The number of hydrogen-bond donors (Lipinski definition) is 2. The van der Waals surface area contributed by atoms with Gasteiger partial charge in [-0.3, -0.25) is 9.59 Å². The topological polar surface area (TPSA) is 86.7 Å². The molecule has 1 rings (SSSR count). The Morgan fingerprint density at radius 3 is 2.06 bits per heavy atom. The third-order valence-electron chi connectivity index (χ3n) is 6.74. The molecule has 6 heteroatoms. The Labute approximate surface area is 211 Å². The molecule has 0 spiro atoms. The molecule has 194 valence electrons. The first-order valence-corrected chi connectivity index (χ1v) is 12.2. The molecule has 1 aromatic carbocycles. The minimum Gasteiger partial charge on any atom is -0.478 e. The summed E-state index contributed by atoms with van der Waals surface area (Å²) >= 11 is 0. The van der Waals surface area contributed by atoms with Gasteiger partial charge in [0.05, 0.1) is 12.0 Å². The number of nitrogens with zero attached hydrogens (tertiary/aromatic N) is 1. The zero-order valence-corrected chi connectivity index (χ0v) is 22.9. The van der Waals surface area contributed by atoms with Crippen molar-refractivity contribution in [3.8, 4) is 0 Å². The molecule has 0 aliphatic rings. The molecule has 0 heterocycles. The number of likely N-dealkylation sites (N-methyl/N-ethyl adjacent to an activating group) is 1. The Kier molecular flexibility index (Phi) is 10.5. The summed E-state index contributed by atoms with van der Waals surface area (Å²) in [6, 6.07) is 8.65. The summed E-state index contributed by atoms with van der Waals surface area (Å²) in [7, 11) is 1.67. The number of nitrogens with one attached hydrogen (secondary N) is 1. The molecule has 3 atom stereocenters. The highest BCUT2D eigenvalue weighted by Gasteiger charge is 2.41. The van der Waals surface area contributed by atoms with Crippen LogP contribution in [0.4, 0.5) is 0 Å². The van der Waals surface area contributed by atoms with Gasteiger partial charge in [0.15, 0.2) is 0 Å². The standard InChI is InChI=1S/C29H44N2O4/c1-11-15-22(29(8,9)21-16-13-12-14-17-21)25(32)30-24(28(5,6)7)26(33)31(10)23(19(2)3)18-20(4)27(34)35/h11-14,16-19,22-24H,1,15H2,2-10H3,(H,30,32)(H,34,35)/t22?,23-,24-/m1/s1. The fourth-order valence-electron chi connectivity index (χ4n) is 4.29. The first-order valence-electron chi connectivity index (χ1n) is 12.2. The average molecular weight is 485 g/mol. The fraction of sp³-hybridized carbons (Fsp3) is 0.552. The summed E-state index contributed by atoms with van der Waals surface area (Å²) in [5.74, 6) is -1.93. The Balaban J connectivity index is 3.35. The summed E-state index contributed by atoms with van der Waals surface area (Å²) < 4.78 is 0. The van der Waals surface area contributed by atoms with E-state index in [1.807, 2.05) is 78.8 Å². The third kappa shape index (κ3) is 7.81. The van der Waals surface area contributed by atoms with Gasteiger partial charge in [0.2, 0.25) is 11.8 Å². The molecule has 1 aromatic rings. The minimum absolute atomic E-state index is 0.0138. The van der Waals surface area contributed by atoms with E-state index in [1.54, 1.807) is 24.1 Å². The van der Waals surface area contributed by atoms with E-state index in [0.717, 1.165) is 5.56 Å². The molecular weight excluding hydrogens is 440 g/mol. The highest BCUT2D eigenvalue weighted by atomic mass is 16.4.